The van der Waals surface area contributed by atoms with Gasteiger partial charge in [-0.1, -0.05) is 18.2 Å². The lowest BCUT2D eigenvalue weighted by atomic mass is 10.2. The molecule has 2 rings (SSSR count). The van der Waals surface area contributed by atoms with Crippen molar-refractivity contribution in [3.05, 3.63) is 51.7 Å². The molecule has 0 aliphatic rings. The van der Waals surface area contributed by atoms with Gasteiger partial charge in [0, 0.05) is 18.3 Å². The molecule has 0 radical (unpaired) electrons. The van der Waals surface area contributed by atoms with E-state index in [2.05, 4.69) is 9.71 Å². The van der Waals surface area contributed by atoms with E-state index >= 15 is 0 Å². The zero-order chi connectivity index (χ0) is 15.3. The van der Waals surface area contributed by atoms with Crippen molar-refractivity contribution in [2.75, 3.05) is 12.3 Å². The zero-order valence-electron chi connectivity index (χ0n) is 11.7. The summed E-state index contributed by atoms with van der Waals surface area (Å²) in [5.41, 5.74) is 1.30. The van der Waals surface area contributed by atoms with Gasteiger partial charge in [-0.25, -0.2) is 22.5 Å². The Morgan fingerprint density at radius 3 is 2.71 bits per heavy atom. The molecule has 0 aliphatic heterocycles. The molecule has 0 unspecified atom stereocenters. The monoisotopic (exact) mass is 328 g/mol. The smallest absolute Gasteiger partial charge is 0.211 e. The van der Waals surface area contributed by atoms with E-state index in [1.165, 1.54) is 6.07 Å². The number of nitrogens with zero attached hydrogens (tertiary/aromatic N) is 1. The van der Waals surface area contributed by atoms with Crippen LogP contribution in [0.4, 0.5) is 4.39 Å². The van der Waals surface area contributed by atoms with E-state index in [9.17, 15) is 12.8 Å². The molecule has 0 spiro atoms. The molecule has 0 bridgehead atoms. The van der Waals surface area contributed by atoms with Gasteiger partial charge in [-0.2, -0.15) is 0 Å². The van der Waals surface area contributed by atoms with E-state index in [4.69, 9.17) is 0 Å². The Bertz CT molecular complexity index is 699. The minimum absolute atomic E-state index is 0.121. The highest BCUT2D eigenvalue weighted by atomic mass is 32.2. The number of aromatic nitrogens is 1. The molecule has 0 saturated carbocycles. The van der Waals surface area contributed by atoms with Crippen LogP contribution in [0, 0.1) is 12.7 Å². The number of halogens is 1. The Morgan fingerprint density at radius 1 is 1.29 bits per heavy atom. The standard InChI is InChI=1S/C14H17FN2O2S2/c1-11-17-13(10-20-11)6-8-16-21(18,19)9-7-12-4-2-3-5-14(12)15/h2-5,10,16H,6-9H2,1H3. The van der Waals surface area contributed by atoms with Crippen molar-refractivity contribution < 1.29 is 12.8 Å². The van der Waals surface area contributed by atoms with E-state index in [0.717, 1.165) is 10.7 Å². The molecule has 1 heterocycles. The fourth-order valence-corrected chi connectivity index (χ4v) is 3.57. The number of hydrogen-bond donors (Lipinski definition) is 1. The van der Waals surface area contributed by atoms with E-state index < -0.39 is 10.0 Å². The highest BCUT2D eigenvalue weighted by Crippen LogP contribution is 2.09. The van der Waals surface area contributed by atoms with Crippen molar-refractivity contribution in [3.8, 4) is 0 Å². The second-order valence-corrected chi connectivity index (χ2v) is 7.65. The molecule has 1 aromatic heterocycles. The molecule has 1 N–H and O–H groups in total. The van der Waals surface area contributed by atoms with Crippen LogP contribution in [0.3, 0.4) is 0 Å². The molecule has 2 aromatic rings. The predicted molar refractivity (Wildman–Crippen MR) is 82.4 cm³/mol. The molecule has 114 valence electrons. The van der Waals surface area contributed by atoms with Crippen LogP contribution in [0.5, 0.6) is 0 Å². The maximum absolute atomic E-state index is 13.4. The zero-order valence-corrected chi connectivity index (χ0v) is 13.3. The Labute approximate surface area is 128 Å². The maximum atomic E-state index is 13.4. The second-order valence-electron chi connectivity index (χ2n) is 4.66. The Hall–Kier alpha value is -1.31. The average molecular weight is 328 g/mol. The van der Waals surface area contributed by atoms with E-state index in [1.807, 2.05) is 12.3 Å². The molecule has 4 nitrogen and oxygen atoms in total. The lowest BCUT2D eigenvalue weighted by Crippen LogP contribution is -2.29. The van der Waals surface area contributed by atoms with Crippen molar-refractivity contribution >= 4 is 21.4 Å². The lowest BCUT2D eigenvalue weighted by molar-refractivity contribution is 0.578. The first-order valence-electron chi connectivity index (χ1n) is 6.58. The molecule has 0 saturated heterocycles. The van der Waals surface area contributed by atoms with Crippen LogP contribution < -0.4 is 4.72 Å². The third kappa shape index (κ3) is 5.18. The Morgan fingerprint density at radius 2 is 2.05 bits per heavy atom. The summed E-state index contributed by atoms with van der Waals surface area (Å²) in [5, 5.41) is 2.88. The number of sulfonamides is 1. The molecule has 1 aromatic carbocycles. The van der Waals surface area contributed by atoms with Crippen LogP contribution in [-0.4, -0.2) is 25.7 Å². The van der Waals surface area contributed by atoms with Crippen molar-refractivity contribution in [2.24, 2.45) is 0 Å². The van der Waals surface area contributed by atoms with Gasteiger partial charge >= 0.3 is 0 Å². The van der Waals surface area contributed by atoms with Crippen LogP contribution in [0.15, 0.2) is 29.6 Å². The molecule has 0 amide bonds. The molecular formula is C14H17FN2O2S2. The summed E-state index contributed by atoms with van der Waals surface area (Å²) in [7, 11) is -3.40. The SMILES string of the molecule is Cc1nc(CCNS(=O)(=O)CCc2ccccc2F)cs1. The number of nitrogens with one attached hydrogen (secondary N) is 1. The van der Waals surface area contributed by atoms with Crippen LogP contribution >= 0.6 is 11.3 Å². The quantitative estimate of drug-likeness (QED) is 0.848. The van der Waals surface area contributed by atoms with Crippen LogP contribution in [0.2, 0.25) is 0 Å². The first kappa shape index (κ1) is 16.1. The third-order valence-corrected chi connectivity index (χ3v) is 5.18. The Kier molecular flexibility index (Phi) is 5.44. The largest absolute Gasteiger partial charge is 0.247 e. The normalized spacial score (nSPS) is 11.7. The number of hydrogen-bond acceptors (Lipinski definition) is 4. The maximum Gasteiger partial charge on any atom is 0.211 e. The fourth-order valence-electron chi connectivity index (χ4n) is 1.88. The summed E-state index contributed by atoms with van der Waals surface area (Å²) in [6.07, 6.45) is 0.723. The second kappa shape index (κ2) is 7.11. The van der Waals surface area contributed by atoms with E-state index in [1.54, 1.807) is 29.5 Å². The van der Waals surface area contributed by atoms with Gasteiger partial charge in [0.05, 0.1) is 16.5 Å². The molecule has 0 aliphatic carbocycles. The number of thiazole rings is 1. The van der Waals surface area contributed by atoms with E-state index in [-0.39, 0.29) is 18.0 Å². The van der Waals surface area contributed by atoms with E-state index in [0.29, 0.717) is 18.5 Å². The van der Waals surface area contributed by atoms with Crippen molar-refractivity contribution in [1.29, 1.82) is 0 Å². The summed E-state index contributed by atoms with van der Waals surface area (Å²) < 4.78 is 39.7. The third-order valence-electron chi connectivity index (χ3n) is 2.97. The summed E-state index contributed by atoms with van der Waals surface area (Å²) in [4.78, 5) is 4.27. The van der Waals surface area contributed by atoms with Crippen LogP contribution in [-0.2, 0) is 22.9 Å². The summed E-state index contributed by atoms with van der Waals surface area (Å²) in [5.74, 6) is -0.491. The summed E-state index contributed by atoms with van der Waals surface area (Å²) >= 11 is 1.54. The van der Waals surface area contributed by atoms with Gasteiger partial charge < -0.3 is 0 Å². The Balaban J connectivity index is 1.81. The molecular weight excluding hydrogens is 311 g/mol. The van der Waals surface area contributed by atoms with Gasteiger partial charge in [-0.15, -0.1) is 11.3 Å². The molecule has 0 fully saturated rings. The van der Waals surface area contributed by atoms with Gasteiger partial charge in [0.2, 0.25) is 10.0 Å². The van der Waals surface area contributed by atoms with Crippen LogP contribution in [0.25, 0.3) is 0 Å². The van der Waals surface area contributed by atoms with Gasteiger partial charge in [-0.05, 0) is 25.0 Å². The first-order valence-corrected chi connectivity index (χ1v) is 9.11. The number of aryl methyl sites for hydroxylation is 2. The number of benzene rings is 1. The fraction of sp³-hybridized carbons (Fsp3) is 0.357. The average Bonchev–Trinajstić information content (AvgIpc) is 2.83. The highest BCUT2D eigenvalue weighted by molar-refractivity contribution is 7.89. The van der Waals surface area contributed by atoms with Gasteiger partial charge in [0.15, 0.2) is 0 Å². The van der Waals surface area contributed by atoms with Crippen molar-refractivity contribution in [2.45, 2.75) is 19.8 Å². The lowest BCUT2D eigenvalue weighted by Gasteiger charge is -2.06. The minimum Gasteiger partial charge on any atom is -0.247 e. The summed E-state index contributed by atoms with van der Waals surface area (Å²) in [6.45, 7) is 2.22. The highest BCUT2D eigenvalue weighted by Gasteiger charge is 2.12. The number of rotatable bonds is 7. The van der Waals surface area contributed by atoms with Gasteiger partial charge in [0.1, 0.15) is 5.82 Å². The van der Waals surface area contributed by atoms with Crippen molar-refractivity contribution in [3.63, 3.8) is 0 Å². The predicted octanol–water partition coefficient (Wildman–Crippen LogP) is 2.30. The molecule has 7 heteroatoms. The topological polar surface area (TPSA) is 59.1 Å². The summed E-state index contributed by atoms with van der Waals surface area (Å²) in [6, 6.07) is 6.22. The molecule has 0 atom stereocenters. The molecule has 21 heavy (non-hydrogen) atoms. The minimum atomic E-state index is -3.40. The first-order chi connectivity index (χ1) is 9.96. The van der Waals surface area contributed by atoms with Gasteiger partial charge in [0.25, 0.3) is 0 Å². The van der Waals surface area contributed by atoms with Gasteiger partial charge in [-0.3, -0.25) is 0 Å². The van der Waals surface area contributed by atoms with Crippen molar-refractivity contribution in [1.82, 2.24) is 9.71 Å². The van der Waals surface area contributed by atoms with Crippen LogP contribution in [0.1, 0.15) is 16.3 Å².